The van der Waals surface area contributed by atoms with Crippen molar-refractivity contribution in [3.63, 3.8) is 0 Å². The number of carbonyl (C=O) groups is 2. The highest BCUT2D eigenvalue weighted by molar-refractivity contribution is 6.06. The van der Waals surface area contributed by atoms with Crippen LogP contribution < -0.4 is 0 Å². The van der Waals surface area contributed by atoms with Crippen molar-refractivity contribution in [2.45, 2.75) is 31.6 Å². The van der Waals surface area contributed by atoms with Gasteiger partial charge in [0.05, 0.1) is 17.0 Å². The van der Waals surface area contributed by atoms with E-state index >= 15 is 0 Å². The molecule has 1 aromatic heterocycles. The zero-order valence-electron chi connectivity index (χ0n) is 13.7. The lowest BCUT2D eigenvalue weighted by Gasteiger charge is -2.31. The molecule has 130 valence electrons. The molecular weight excluding hydrogens is 323 g/mol. The van der Waals surface area contributed by atoms with E-state index in [2.05, 4.69) is 4.98 Å². The van der Waals surface area contributed by atoms with E-state index in [4.69, 9.17) is 0 Å². The van der Waals surface area contributed by atoms with Gasteiger partial charge in [-0.1, -0.05) is 0 Å². The van der Waals surface area contributed by atoms with E-state index < -0.39 is 17.7 Å². The summed E-state index contributed by atoms with van der Waals surface area (Å²) < 4.78 is 13.7. The van der Waals surface area contributed by atoms with Crippen LogP contribution in [0.2, 0.25) is 0 Å². The van der Waals surface area contributed by atoms with Crippen LogP contribution in [0.1, 0.15) is 47.7 Å². The van der Waals surface area contributed by atoms with E-state index in [9.17, 15) is 19.1 Å². The van der Waals surface area contributed by atoms with E-state index in [-0.39, 0.29) is 12.5 Å². The molecule has 4 rings (SSSR count). The SMILES string of the molecule is O=C(O)[C@@H]1CCCN(C(=O)c2cc(C3CC3)nc3ccc(F)cc23)C1. The summed E-state index contributed by atoms with van der Waals surface area (Å²) in [6.45, 7) is 0.729. The van der Waals surface area contributed by atoms with Crippen LogP contribution in [-0.4, -0.2) is 40.0 Å². The Kier molecular flexibility index (Phi) is 3.90. The number of carbonyl (C=O) groups excluding carboxylic acids is 1. The number of fused-ring (bicyclic) bond motifs is 1. The lowest BCUT2D eigenvalue weighted by Crippen LogP contribution is -2.42. The first kappa shape index (κ1) is 16.0. The van der Waals surface area contributed by atoms with Gasteiger partial charge >= 0.3 is 5.97 Å². The molecule has 2 fully saturated rings. The number of hydrogen-bond acceptors (Lipinski definition) is 3. The molecule has 0 bridgehead atoms. The molecule has 6 heteroatoms. The first-order valence-corrected chi connectivity index (χ1v) is 8.65. The van der Waals surface area contributed by atoms with E-state index in [1.54, 1.807) is 17.0 Å². The van der Waals surface area contributed by atoms with Gasteiger partial charge in [0.2, 0.25) is 0 Å². The van der Waals surface area contributed by atoms with Crippen molar-refractivity contribution in [3.8, 4) is 0 Å². The van der Waals surface area contributed by atoms with Gasteiger partial charge in [-0.25, -0.2) is 4.39 Å². The Morgan fingerprint density at radius 1 is 1.20 bits per heavy atom. The molecule has 5 nitrogen and oxygen atoms in total. The Hall–Kier alpha value is -2.50. The number of pyridine rings is 1. The van der Waals surface area contributed by atoms with Gasteiger partial charge in [-0.2, -0.15) is 0 Å². The monoisotopic (exact) mass is 342 g/mol. The summed E-state index contributed by atoms with van der Waals surface area (Å²) in [5.41, 5.74) is 1.91. The quantitative estimate of drug-likeness (QED) is 0.930. The fraction of sp³-hybridized carbons (Fsp3) is 0.421. The van der Waals surface area contributed by atoms with E-state index in [1.807, 2.05) is 0 Å². The molecule has 0 spiro atoms. The number of carboxylic acid groups (broad SMARTS) is 1. The highest BCUT2D eigenvalue weighted by atomic mass is 19.1. The van der Waals surface area contributed by atoms with Gasteiger partial charge in [0.1, 0.15) is 5.82 Å². The largest absolute Gasteiger partial charge is 0.481 e. The van der Waals surface area contributed by atoms with Crippen molar-refractivity contribution >= 4 is 22.8 Å². The highest BCUT2D eigenvalue weighted by Gasteiger charge is 2.31. The number of aliphatic carboxylic acids is 1. The van der Waals surface area contributed by atoms with Gasteiger partial charge in [0, 0.05) is 30.1 Å². The molecule has 0 unspecified atom stereocenters. The van der Waals surface area contributed by atoms with Crippen LogP contribution in [0.25, 0.3) is 10.9 Å². The Morgan fingerprint density at radius 2 is 2.00 bits per heavy atom. The predicted octanol–water partition coefficient (Wildman–Crippen LogP) is 3.19. The van der Waals surface area contributed by atoms with Gasteiger partial charge in [0.15, 0.2) is 0 Å². The maximum absolute atomic E-state index is 13.7. The minimum Gasteiger partial charge on any atom is -0.481 e. The minimum absolute atomic E-state index is 0.200. The second-order valence-corrected chi connectivity index (χ2v) is 6.96. The normalized spacial score (nSPS) is 20.7. The second-order valence-electron chi connectivity index (χ2n) is 6.96. The first-order valence-electron chi connectivity index (χ1n) is 8.65. The fourth-order valence-electron chi connectivity index (χ4n) is 3.52. The Bertz CT molecular complexity index is 863. The van der Waals surface area contributed by atoms with Crippen LogP contribution in [0.4, 0.5) is 4.39 Å². The number of likely N-dealkylation sites (tertiary alicyclic amines) is 1. The standard InChI is InChI=1S/C19H19FN2O3/c20-13-5-6-16-14(8-13)15(9-17(21-16)11-3-4-11)18(23)22-7-1-2-12(10-22)19(24)25/h5-6,8-9,11-12H,1-4,7,10H2,(H,24,25)/t12-/m1/s1. The Labute approximate surface area is 144 Å². The third-order valence-electron chi connectivity index (χ3n) is 5.07. The molecule has 1 N–H and O–H groups in total. The van der Waals surface area contributed by atoms with Crippen LogP contribution in [0.3, 0.4) is 0 Å². The number of amides is 1. The fourth-order valence-corrected chi connectivity index (χ4v) is 3.52. The highest BCUT2D eigenvalue weighted by Crippen LogP contribution is 2.40. The Morgan fingerprint density at radius 3 is 2.72 bits per heavy atom. The maximum atomic E-state index is 13.7. The summed E-state index contributed by atoms with van der Waals surface area (Å²) in [5, 5.41) is 9.74. The first-order chi connectivity index (χ1) is 12.0. The summed E-state index contributed by atoms with van der Waals surface area (Å²) in [6, 6.07) is 6.06. The number of hydrogen-bond donors (Lipinski definition) is 1. The number of halogens is 1. The van der Waals surface area contributed by atoms with E-state index in [0.717, 1.165) is 18.5 Å². The number of rotatable bonds is 3. The molecule has 1 aliphatic carbocycles. The van der Waals surface area contributed by atoms with Crippen LogP contribution in [0, 0.1) is 11.7 Å². The van der Waals surface area contributed by atoms with Crippen molar-refractivity contribution in [1.29, 1.82) is 0 Å². The van der Waals surface area contributed by atoms with Gasteiger partial charge in [0.25, 0.3) is 5.91 Å². The number of benzene rings is 1. The van der Waals surface area contributed by atoms with Crippen molar-refractivity contribution in [1.82, 2.24) is 9.88 Å². The Balaban J connectivity index is 1.75. The molecule has 1 saturated carbocycles. The molecule has 1 atom stereocenters. The summed E-state index contributed by atoms with van der Waals surface area (Å²) in [6.07, 6.45) is 3.35. The third kappa shape index (κ3) is 3.08. The predicted molar refractivity (Wildman–Crippen MR) is 89.9 cm³/mol. The van der Waals surface area contributed by atoms with Crippen LogP contribution in [0.5, 0.6) is 0 Å². The van der Waals surface area contributed by atoms with E-state index in [0.29, 0.717) is 41.8 Å². The number of aromatic nitrogens is 1. The number of piperidine rings is 1. The lowest BCUT2D eigenvalue weighted by molar-refractivity contribution is -0.143. The average Bonchev–Trinajstić information content (AvgIpc) is 3.45. The summed E-state index contributed by atoms with van der Waals surface area (Å²) >= 11 is 0. The summed E-state index contributed by atoms with van der Waals surface area (Å²) in [7, 11) is 0. The minimum atomic E-state index is -0.873. The third-order valence-corrected chi connectivity index (χ3v) is 5.07. The molecule has 1 amide bonds. The molecule has 1 saturated heterocycles. The molecule has 1 aromatic carbocycles. The smallest absolute Gasteiger partial charge is 0.308 e. The van der Waals surface area contributed by atoms with Crippen LogP contribution >= 0.6 is 0 Å². The van der Waals surface area contributed by atoms with Gasteiger partial charge in [-0.05, 0) is 49.9 Å². The zero-order chi connectivity index (χ0) is 17.6. The number of nitrogens with zero attached hydrogens (tertiary/aromatic N) is 2. The maximum Gasteiger partial charge on any atom is 0.308 e. The van der Waals surface area contributed by atoms with Crippen molar-refractivity contribution in [2.24, 2.45) is 5.92 Å². The topological polar surface area (TPSA) is 70.5 Å². The van der Waals surface area contributed by atoms with Gasteiger partial charge in [-0.15, -0.1) is 0 Å². The molecule has 25 heavy (non-hydrogen) atoms. The lowest BCUT2D eigenvalue weighted by atomic mass is 9.97. The van der Waals surface area contributed by atoms with Crippen molar-refractivity contribution < 1.29 is 19.1 Å². The van der Waals surface area contributed by atoms with E-state index in [1.165, 1.54) is 12.1 Å². The zero-order valence-corrected chi connectivity index (χ0v) is 13.7. The molecule has 1 aliphatic heterocycles. The van der Waals surface area contributed by atoms with Crippen LogP contribution in [0.15, 0.2) is 24.3 Å². The molecule has 2 heterocycles. The van der Waals surface area contributed by atoms with Gasteiger partial charge in [-0.3, -0.25) is 14.6 Å². The van der Waals surface area contributed by atoms with Gasteiger partial charge < -0.3 is 10.0 Å². The molecule has 0 radical (unpaired) electrons. The van der Waals surface area contributed by atoms with Crippen LogP contribution in [-0.2, 0) is 4.79 Å². The molecule has 2 aliphatic rings. The van der Waals surface area contributed by atoms with Crippen molar-refractivity contribution in [2.75, 3.05) is 13.1 Å². The van der Waals surface area contributed by atoms with Crippen molar-refractivity contribution in [3.05, 3.63) is 41.3 Å². The molecule has 2 aromatic rings. The second kappa shape index (κ2) is 6.10. The number of carboxylic acids is 1. The molecular formula is C19H19FN2O3. The summed E-state index contributed by atoms with van der Waals surface area (Å²) in [4.78, 5) is 30.5. The summed E-state index contributed by atoms with van der Waals surface area (Å²) in [5.74, 6) is -1.68. The average molecular weight is 342 g/mol.